The second-order valence-corrected chi connectivity index (χ2v) is 14.3. The van der Waals surface area contributed by atoms with E-state index in [4.69, 9.17) is 14.2 Å². The summed E-state index contributed by atoms with van der Waals surface area (Å²) >= 11 is 1.70. The summed E-state index contributed by atoms with van der Waals surface area (Å²) in [5.41, 5.74) is 2.11. The van der Waals surface area contributed by atoms with E-state index in [2.05, 4.69) is 6.92 Å². The smallest absolute Gasteiger partial charge is 0.305 e. The monoisotopic (exact) mass is 678 g/mol. The lowest BCUT2D eigenvalue weighted by atomic mass is 9.86. The molecule has 9 heteroatoms. The SMILES string of the molecule is CCCCCCCCCCCCC(=O)OCCOC(=O)CCCSCC[C@H]1C(=O)C[C@@H](O)[C@@H]1CC[C@@H](O)Cc1cccc(COC)c1. The van der Waals surface area contributed by atoms with Gasteiger partial charge in [-0.25, -0.2) is 0 Å². The van der Waals surface area contributed by atoms with E-state index >= 15 is 0 Å². The van der Waals surface area contributed by atoms with Crippen molar-refractivity contribution in [2.45, 2.75) is 141 Å². The lowest BCUT2D eigenvalue weighted by molar-refractivity contribution is -0.152. The van der Waals surface area contributed by atoms with Crippen molar-refractivity contribution < 1.29 is 38.8 Å². The number of carbonyl (C=O) groups excluding carboxylic acids is 3. The van der Waals surface area contributed by atoms with Crippen molar-refractivity contribution in [1.29, 1.82) is 0 Å². The number of ether oxygens (including phenoxy) is 3. The summed E-state index contributed by atoms with van der Waals surface area (Å²) < 4.78 is 15.6. The number of aliphatic hydroxyl groups is 2. The molecule has 1 aromatic rings. The molecule has 0 aromatic heterocycles. The van der Waals surface area contributed by atoms with Gasteiger partial charge in [0.1, 0.15) is 19.0 Å². The van der Waals surface area contributed by atoms with E-state index in [9.17, 15) is 24.6 Å². The summed E-state index contributed by atoms with van der Waals surface area (Å²) in [7, 11) is 1.66. The van der Waals surface area contributed by atoms with Gasteiger partial charge in [-0.15, -0.1) is 0 Å². The number of unbranched alkanes of at least 4 members (excludes halogenated alkanes) is 9. The number of rotatable bonds is 28. The van der Waals surface area contributed by atoms with Gasteiger partial charge in [0.15, 0.2) is 0 Å². The average Bonchev–Trinajstić information content (AvgIpc) is 3.32. The minimum absolute atomic E-state index is 0.0815. The van der Waals surface area contributed by atoms with Gasteiger partial charge in [0.25, 0.3) is 0 Å². The molecule has 0 saturated heterocycles. The highest BCUT2D eigenvalue weighted by Crippen LogP contribution is 2.36. The summed E-state index contributed by atoms with van der Waals surface area (Å²) in [6.45, 7) is 2.94. The van der Waals surface area contributed by atoms with Crippen LogP contribution in [0.4, 0.5) is 0 Å². The Labute approximate surface area is 288 Å². The molecular formula is C38H62O8S. The van der Waals surface area contributed by atoms with Crippen molar-refractivity contribution in [1.82, 2.24) is 0 Å². The third-order valence-corrected chi connectivity index (χ3v) is 10.1. The minimum Gasteiger partial charge on any atom is -0.462 e. The number of hydrogen-bond donors (Lipinski definition) is 2. The van der Waals surface area contributed by atoms with Gasteiger partial charge in [0.05, 0.1) is 18.8 Å². The van der Waals surface area contributed by atoms with Gasteiger partial charge in [-0.2, -0.15) is 11.8 Å². The van der Waals surface area contributed by atoms with Crippen molar-refractivity contribution in [2.24, 2.45) is 11.8 Å². The Bertz CT molecular complexity index is 1000. The van der Waals surface area contributed by atoms with Gasteiger partial charge in [-0.3, -0.25) is 14.4 Å². The third kappa shape index (κ3) is 19.0. The van der Waals surface area contributed by atoms with Gasteiger partial charge in [-0.1, -0.05) is 89.0 Å². The molecule has 1 aliphatic rings. The number of thioether (sulfide) groups is 1. The van der Waals surface area contributed by atoms with Crippen LogP contribution in [0.25, 0.3) is 0 Å². The van der Waals surface area contributed by atoms with Crippen LogP contribution in [0.3, 0.4) is 0 Å². The number of benzene rings is 1. The van der Waals surface area contributed by atoms with Gasteiger partial charge < -0.3 is 24.4 Å². The van der Waals surface area contributed by atoms with Crippen LogP contribution >= 0.6 is 11.8 Å². The summed E-state index contributed by atoms with van der Waals surface area (Å²) in [6, 6.07) is 7.99. The third-order valence-electron chi connectivity index (χ3n) is 9.03. The molecule has 1 fully saturated rings. The lowest BCUT2D eigenvalue weighted by Gasteiger charge is -2.22. The van der Waals surface area contributed by atoms with Gasteiger partial charge in [0, 0.05) is 32.3 Å². The first-order valence-corrected chi connectivity index (χ1v) is 19.3. The Morgan fingerprint density at radius 1 is 0.872 bits per heavy atom. The highest BCUT2D eigenvalue weighted by Gasteiger charge is 2.40. The fraction of sp³-hybridized carbons (Fsp3) is 0.763. The number of ketones is 1. The predicted octanol–water partition coefficient (Wildman–Crippen LogP) is 7.38. The van der Waals surface area contributed by atoms with Gasteiger partial charge >= 0.3 is 11.9 Å². The Morgan fingerprint density at radius 3 is 2.15 bits per heavy atom. The first-order chi connectivity index (χ1) is 22.8. The second kappa shape index (κ2) is 26.0. The van der Waals surface area contributed by atoms with Crippen LogP contribution < -0.4 is 0 Å². The molecule has 0 amide bonds. The summed E-state index contributed by atoms with van der Waals surface area (Å²) in [5.74, 6) is 0.820. The zero-order valence-electron chi connectivity index (χ0n) is 29.1. The largest absolute Gasteiger partial charge is 0.462 e. The van der Waals surface area contributed by atoms with E-state index in [-0.39, 0.29) is 49.2 Å². The molecule has 0 aliphatic heterocycles. The molecule has 0 spiro atoms. The van der Waals surface area contributed by atoms with Crippen LogP contribution in [0.2, 0.25) is 0 Å². The number of Topliss-reactive ketones (excluding diaryl/α,β-unsaturated/α-hetero) is 1. The Balaban J connectivity index is 1.48. The van der Waals surface area contributed by atoms with Crippen LogP contribution in [-0.2, 0) is 41.6 Å². The number of carbonyl (C=O) groups is 3. The molecule has 4 atom stereocenters. The molecule has 2 N–H and O–H groups in total. The molecule has 0 unspecified atom stereocenters. The molecule has 0 bridgehead atoms. The molecule has 1 aliphatic carbocycles. The Kier molecular flexibility index (Phi) is 22.8. The van der Waals surface area contributed by atoms with Crippen LogP contribution in [0.5, 0.6) is 0 Å². The zero-order chi connectivity index (χ0) is 34.1. The lowest BCUT2D eigenvalue weighted by Crippen LogP contribution is -2.23. The van der Waals surface area contributed by atoms with E-state index in [1.54, 1.807) is 18.9 Å². The second-order valence-electron chi connectivity index (χ2n) is 13.1. The fourth-order valence-electron chi connectivity index (χ4n) is 6.40. The summed E-state index contributed by atoms with van der Waals surface area (Å²) in [6.07, 6.45) is 14.9. The first kappa shape index (κ1) is 41.2. The van der Waals surface area contributed by atoms with E-state index in [1.807, 2.05) is 24.3 Å². The maximum Gasteiger partial charge on any atom is 0.305 e. The van der Waals surface area contributed by atoms with Crippen LogP contribution in [0.1, 0.15) is 127 Å². The Morgan fingerprint density at radius 2 is 1.49 bits per heavy atom. The van der Waals surface area contributed by atoms with Crippen molar-refractivity contribution >= 4 is 29.5 Å². The topological polar surface area (TPSA) is 119 Å². The zero-order valence-corrected chi connectivity index (χ0v) is 30.0. The van der Waals surface area contributed by atoms with Crippen LogP contribution in [0.15, 0.2) is 24.3 Å². The van der Waals surface area contributed by atoms with Crippen molar-refractivity contribution in [2.75, 3.05) is 31.8 Å². The number of aliphatic hydroxyl groups excluding tert-OH is 2. The quantitative estimate of drug-likeness (QED) is 0.0691. The number of methoxy groups -OCH3 is 1. The molecule has 0 heterocycles. The normalized spacial score (nSPS) is 18.4. The van der Waals surface area contributed by atoms with Crippen LogP contribution in [-0.4, -0.2) is 72.0 Å². The highest BCUT2D eigenvalue weighted by atomic mass is 32.2. The average molecular weight is 679 g/mol. The van der Waals surface area contributed by atoms with Crippen molar-refractivity contribution in [3.63, 3.8) is 0 Å². The highest BCUT2D eigenvalue weighted by molar-refractivity contribution is 7.99. The number of esters is 2. The first-order valence-electron chi connectivity index (χ1n) is 18.2. The molecule has 2 rings (SSSR count). The maximum absolute atomic E-state index is 12.6. The molecule has 1 saturated carbocycles. The van der Waals surface area contributed by atoms with E-state index in [1.165, 1.54) is 44.9 Å². The van der Waals surface area contributed by atoms with E-state index in [0.29, 0.717) is 51.6 Å². The molecule has 8 nitrogen and oxygen atoms in total. The molecule has 0 radical (unpaired) electrons. The van der Waals surface area contributed by atoms with Gasteiger partial charge in [0.2, 0.25) is 0 Å². The van der Waals surface area contributed by atoms with Crippen LogP contribution in [0, 0.1) is 11.8 Å². The predicted molar refractivity (Wildman–Crippen MR) is 188 cm³/mol. The molecule has 1 aromatic carbocycles. The van der Waals surface area contributed by atoms with Crippen molar-refractivity contribution in [3.8, 4) is 0 Å². The summed E-state index contributed by atoms with van der Waals surface area (Å²) in [4.78, 5) is 36.5. The van der Waals surface area contributed by atoms with Crippen molar-refractivity contribution in [3.05, 3.63) is 35.4 Å². The fourth-order valence-corrected chi connectivity index (χ4v) is 7.37. The minimum atomic E-state index is -0.650. The summed E-state index contributed by atoms with van der Waals surface area (Å²) in [5, 5.41) is 21.2. The molecule has 47 heavy (non-hydrogen) atoms. The molecule has 268 valence electrons. The maximum atomic E-state index is 12.6. The standard InChI is InChI=1S/C38H62O8S/c1-3-4-5-6-7-8-9-10-11-12-17-37(42)45-22-23-46-38(43)18-14-24-47-25-21-34-33(35(40)28-36(34)41)20-19-32(39)27-30-15-13-16-31(26-30)29-44-2/h13,15-16,26,32-35,39-40H,3-12,14,17-25,27-29H2,1-2H3/t32-,33-,34-,35-/m1/s1. The van der Waals surface area contributed by atoms with E-state index in [0.717, 1.165) is 41.9 Å². The molecular weight excluding hydrogens is 616 g/mol. The van der Waals surface area contributed by atoms with E-state index < -0.39 is 12.2 Å². The van der Waals surface area contributed by atoms with Gasteiger partial charge in [-0.05, 0) is 67.1 Å². The Hall–Kier alpha value is -1.94. The number of hydrogen-bond acceptors (Lipinski definition) is 9.